The fraction of sp³-hybridized carbons (Fsp3) is 0.417. The van der Waals surface area contributed by atoms with Gasteiger partial charge in [0.05, 0.1) is 7.11 Å². The largest absolute Gasteiger partial charge is 0.497 e. The van der Waals surface area contributed by atoms with E-state index >= 15 is 0 Å². The number of aldehydes is 1. The molecule has 1 aromatic carbocycles. The van der Waals surface area contributed by atoms with E-state index in [2.05, 4.69) is 0 Å². The summed E-state index contributed by atoms with van der Waals surface area (Å²) < 4.78 is 10.5. The highest BCUT2D eigenvalue weighted by Gasteiger charge is 2.38. The number of fused-ring (bicyclic) bond motifs is 1. The van der Waals surface area contributed by atoms with Crippen LogP contribution in [-0.2, 0) is 21.6 Å². The molecule has 3 nitrogen and oxygen atoms in total. The van der Waals surface area contributed by atoms with Gasteiger partial charge in [0.15, 0.2) is 6.29 Å². The molecule has 0 heterocycles. The van der Waals surface area contributed by atoms with Gasteiger partial charge in [-0.3, -0.25) is 4.79 Å². The van der Waals surface area contributed by atoms with Gasteiger partial charge in [-0.05, 0) is 36.1 Å². The van der Waals surface area contributed by atoms with Crippen molar-refractivity contribution < 1.29 is 14.3 Å². The van der Waals surface area contributed by atoms with Gasteiger partial charge in [0, 0.05) is 7.11 Å². The molecular formula is C12H14O3. The van der Waals surface area contributed by atoms with Crippen LogP contribution in [0.1, 0.15) is 17.5 Å². The minimum absolute atomic E-state index is 0.718. The van der Waals surface area contributed by atoms with Crippen LogP contribution in [0.15, 0.2) is 18.2 Å². The molecule has 0 radical (unpaired) electrons. The minimum Gasteiger partial charge on any atom is -0.497 e. The van der Waals surface area contributed by atoms with E-state index in [9.17, 15) is 4.79 Å². The molecule has 0 N–H and O–H groups in total. The van der Waals surface area contributed by atoms with E-state index in [0.29, 0.717) is 0 Å². The van der Waals surface area contributed by atoms with E-state index in [4.69, 9.17) is 9.47 Å². The van der Waals surface area contributed by atoms with E-state index in [1.165, 1.54) is 0 Å². The minimum atomic E-state index is -0.735. The normalized spacial score (nSPS) is 23.6. The molecule has 0 saturated carbocycles. The summed E-state index contributed by atoms with van der Waals surface area (Å²) in [4.78, 5) is 11.1. The molecule has 1 aliphatic rings. The summed E-state index contributed by atoms with van der Waals surface area (Å²) in [6.07, 6.45) is 2.47. The van der Waals surface area contributed by atoms with Gasteiger partial charge >= 0.3 is 0 Å². The lowest BCUT2D eigenvalue weighted by atomic mass is 9.97. The third-order valence-electron chi connectivity index (χ3n) is 3.09. The summed E-state index contributed by atoms with van der Waals surface area (Å²) in [6, 6.07) is 5.75. The van der Waals surface area contributed by atoms with Gasteiger partial charge in [-0.1, -0.05) is 6.07 Å². The fourth-order valence-electron chi connectivity index (χ4n) is 2.15. The van der Waals surface area contributed by atoms with Crippen molar-refractivity contribution in [2.45, 2.75) is 18.4 Å². The highest BCUT2D eigenvalue weighted by atomic mass is 16.5. The number of rotatable bonds is 3. The Kier molecular flexibility index (Phi) is 2.49. The van der Waals surface area contributed by atoms with Crippen LogP contribution in [-0.4, -0.2) is 20.5 Å². The Bertz CT molecular complexity index is 386. The van der Waals surface area contributed by atoms with Gasteiger partial charge in [-0.25, -0.2) is 0 Å². The maximum atomic E-state index is 11.1. The van der Waals surface area contributed by atoms with Crippen LogP contribution in [0.25, 0.3) is 0 Å². The van der Waals surface area contributed by atoms with Crippen molar-refractivity contribution in [2.24, 2.45) is 0 Å². The second kappa shape index (κ2) is 3.66. The van der Waals surface area contributed by atoms with Crippen molar-refractivity contribution in [1.29, 1.82) is 0 Å². The van der Waals surface area contributed by atoms with Gasteiger partial charge in [0.2, 0.25) is 0 Å². The van der Waals surface area contributed by atoms with Crippen LogP contribution in [0.2, 0.25) is 0 Å². The highest BCUT2D eigenvalue weighted by Crippen LogP contribution is 2.39. The summed E-state index contributed by atoms with van der Waals surface area (Å²) in [7, 11) is 3.22. The Morgan fingerprint density at radius 1 is 1.40 bits per heavy atom. The molecule has 0 aliphatic heterocycles. The lowest BCUT2D eigenvalue weighted by Crippen LogP contribution is -2.26. The van der Waals surface area contributed by atoms with Crippen molar-refractivity contribution >= 4 is 6.29 Å². The maximum absolute atomic E-state index is 11.1. The fourth-order valence-corrected chi connectivity index (χ4v) is 2.15. The molecular weight excluding hydrogens is 192 g/mol. The zero-order chi connectivity index (χ0) is 10.9. The van der Waals surface area contributed by atoms with Gasteiger partial charge in [0.25, 0.3) is 0 Å². The topological polar surface area (TPSA) is 35.5 Å². The maximum Gasteiger partial charge on any atom is 0.156 e. The zero-order valence-electron chi connectivity index (χ0n) is 8.95. The van der Waals surface area contributed by atoms with Gasteiger partial charge in [-0.15, -0.1) is 0 Å². The third kappa shape index (κ3) is 1.43. The Morgan fingerprint density at radius 2 is 2.20 bits per heavy atom. The Hall–Kier alpha value is -1.35. The molecule has 2 rings (SSSR count). The van der Waals surface area contributed by atoms with Gasteiger partial charge in [-0.2, -0.15) is 0 Å². The van der Waals surface area contributed by atoms with E-state index in [-0.39, 0.29) is 0 Å². The van der Waals surface area contributed by atoms with Crippen molar-refractivity contribution in [3.63, 3.8) is 0 Å². The second-order valence-corrected chi connectivity index (χ2v) is 3.73. The average Bonchev–Trinajstić information content (AvgIpc) is 2.67. The first-order valence-electron chi connectivity index (χ1n) is 4.94. The molecule has 0 bridgehead atoms. The smallest absolute Gasteiger partial charge is 0.156 e. The summed E-state index contributed by atoms with van der Waals surface area (Å²) in [5.41, 5.74) is 1.38. The Morgan fingerprint density at radius 3 is 2.80 bits per heavy atom. The molecule has 1 unspecified atom stereocenters. The predicted octanol–water partition coefficient (Wildman–Crippen LogP) is 1.68. The molecule has 1 aromatic rings. The Balaban J connectivity index is 2.47. The van der Waals surface area contributed by atoms with Crippen LogP contribution < -0.4 is 4.74 Å². The summed E-state index contributed by atoms with van der Waals surface area (Å²) in [6.45, 7) is 0. The van der Waals surface area contributed by atoms with Crippen LogP contribution in [0, 0.1) is 0 Å². The lowest BCUT2D eigenvalue weighted by Gasteiger charge is -2.21. The first kappa shape index (κ1) is 10.2. The van der Waals surface area contributed by atoms with E-state index in [1.807, 2.05) is 18.2 Å². The molecule has 1 aliphatic carbocycles. The number of carbonyl (C=O) groups excluding carboxylic acids is 1. The number of hydrogen-bond donors (Lipinski definition) is 0. The summed E-state index contributed by atoms with van der Waals surface area (Å²) in [5, 5.41) is 0. The average molecular weight is 206 g/mol. The van der Waals surface area contributed by atoms with Crippen LogP contribution in [0.4, 0.5) is 0 Å². The lowest BCUT2D eigenvalue weighted by molar-refractivity contribution is -0.128. The van der Waals surface area contributed by atoms with E-state index < -0.39 is 5.60 Å². The highest BCUT2D eigenvalue weighted by molar-refractivity contribution is 5.69. The van der Waals surface area contributed by atoms with Crippen LogP contribution in [0.5, 0.6) is 5.75 Å². The molecule has 0 aromatic heterocycles. The van der Waals surface area contributed by atoms with Crippen molar-refractivity contribution in [1.82, 2.24) is 0 Å². The van der Waals surface area contributed by atoms with Crippen LogP contribution in [0.3, 0.4) is 0 Å². The van der Waals surface area contributed by atoms with Crippen molar-refractivity contribution in [3.8, 4) is 5.75 Å². The molecule has 0 spiro atoms. The summed E-state index contributed by atoms with van der Waals surface area (Å²) in [5.74, 6) is 0.826. The van der Waals surface area contributed by atoms with Crippen LogP contribution >= 0.6 is 0 Å². The molecule has 3 heteroatoms. The monoisotopic (exact) mass is 206 g/mol. The number of benzene rings is 1. The number of aryl methyl sites for hydroxylation is 1. The molecule has 0 fully saturated rings. The molecule has 80 valence electrons. The molecule has 15 heavy (non-hydrogen) atoms. The second-order valence-electron chi connectivity index (χ2n) is 3.73. The predicted molar refractivity (Wildman–Crippen MR) is 56.1 cm³/mol. The Labute approximate surface area is 89.0 Å². The number of methoxy groups -OCH3 is 2. The standard InChI is InChI=1S/C12H14O3/c1-14-10-3-4-11-9(7-10)5-6-12(11,8-13)15-2/h3-4,7-8H,5-6H2,1-2H3. The SMILES string of the molecule is COc1ccc2c(c1)CCC2(C=O)OC. The van der Waals surface area contributed by atoms with Crippen molar-refractivity contribution in [3.05, 3.63) is 29.3 Å². The molecule has 0 saturated heterocycles. The molecule has 0 amide bonds. The first-order chi connectivity index (χ1) is 7.25. The van der Waals surface area contributed by atoms with Gasteiger partial charge < -0.3 is 9.47 Å². The first-order valence-corrected chi connectivity index (χ1v) is 4.94. The van der Waals surface area contributed by atoms with Crippen molar-refractivity contribution in [2.75, 3.05) is 14.2 Å². The summed E-state index contributed by atoms with van der Waals surface area (Å²) >= 11 is 0. The third-order valence-corrected chi connectivity index (χ3v) is 3.09. The van der Waals surface area contributed by atoms with Gasteiger partial charge in [0.1, 0.15) is 11.4 Å². The molecule has 1 atom stereocenters. The number of carbonyl (C=O) groups is 1. The number of ether oxygens (including phenoxy) is 2. The number of hydrogen-bond acceptors (Lipinski definition) is 3. The quantitative estimate of drug-likeness (QED) is 0.706. The zero-order valence-corrected chi connectivity index (χ0v) is 8.95. The van der Waals surface area contributed by atoms with E-state index in [0.717, 1.165) is 36.0 Å². The van der Waals surface area contributed by atoms with E-state index in [1.54, 1.807) is 14.2 Å².